The van der Waals surface area contributed by atoms with E-state index in [-0.39, 0.29) is 11.9 Å². The van der Waals surface area contributed by atoms with Gasteiger partial charge in [-0.3, -0.25) is 9.48 Å². The van der Waals surface area contributed by atoms with Crippen molar-refractivity contribution in [2.75, 3.05) is 6.54 Å². The molecule has 1 saturated heterocycles. The molecule has 1 unspecified atom stereocenters. The quantitative estimate of drug-likeness (QED) is 0.729. The number of carbonyl (C=O) groups is 1. The van der Waals surface area contributed by atoms with E-state index in [1.54, 1.807) is 35.4 Å². The summed E-state index contributed by atoms with van der Waals surface area (Å²) in [6, 6.07) is 3.87. The number of nitrogens with zero attached hydrogens (tertiary/aromatic N) is 6. The molecule has 0 aromatic carbocycles. The largest absolute Gasteiger partial charge is 0.334 e. The Bertz CT molecular complexity index is 793. The van der Waals surface area contributed by atoms with Crippen LogP contribution in [0, 0.1) is 0 Å². The van der Waals surface area contributed by atoms with Crippen molar-refractivity contribution in [1.29, 1.82) is 0 Å². The molecule has 3 aromatic heterocycles. The first-order chi connectivity index (χ1) is 10.8. The molecule has 0 bridgehead atoms. The number of hydrogen-bond acceptors (Lipinski definition) is 4. The van der Waals surface area contributed by atoms with Crippen LogP contribution in [0.5, 0.6) is 0 Å². The van der Waals surface area contributed by atoms with Gasteiger partial charge in [0, 0.05) is 31.3 Å². The Morgan fingerprint density at radius 1 is 1.23 bits per heavy atom. The standard InChI is InChI=1S/C15H16N6O/c22-15(13-10-18-21-9-2-5-16-14(13)21)20-8-1-4-12(20)11-19-7-3-6-17-19/h2-3,5-7,9-10,12H,1,4,8,11H2. The van der Waals surface area contributed by atoms with Gasteiger partial charge in [-0.2, -0.15) is 10.2 Å². The van der Waals surface area contributed by atoms with E-state index in [2.05, 4.69) is 15.2 Å². The molecule has 1 aliphatic rings. The highest BCUT2D eigenvalue weighted by Crippen LogP contribution is 2.22. The van der Waals surface area contributed by atoms with E-state index in [0.717, 1.165) is 25.9 Å². The number of rotatable bonds is 3. The first-order valence-electron chi connectivity index (χ1n) is 7.40. The average Bonchev–Trinajstić information content (AvgIpc) is 3.27. The normalized spacial score (nSPS) is 18.2. The van der Waals surface area contributed by atoms with Gasteiger partial charge in [-0.15, -0.1) is 0 Å². The SMILES string of the molecule is O=C(c1cnn2cccnc12)N1CCCC1Cn1cccn1. The van der Waals surface area contributed by atoms with Gasteiger partial charge in [0.1, 0.15) is 5.56 Å². The Morgan fingerprint density at radius 2 is 2.14 bits per heavy atom. The van der Waals surface area contributed by atoms with Crippen LogP contribution in [0.4, 0.5) is 0 Å². The zero-order valence-corrected chi connectivity index (χ0v) is 12.0. The molecule has 1 atom stereocenters. The van der Waals surface area contributed by atoms with E-state index in [1.807, 2.05) is 21.8 Å². The van der Waals surface area contributed by atoms with Crippen LogP contribution in [-0.2, 0) is 6.54 Å². The summed E-state index contributed by atoms with van der Waals surface area (Å²) in [5, 5.41) is 8.44. The molecule has 7 heteroatoms. The van der Waals surface area contributed by atoms with Crippen molar-refractivity contribution < 1.29 is 4.79 Å². The number of amides is 1. The maximum atomic E-state index is 12.9. The third-order valence-electron chi connectivity index (χ3n) is 4.10. The summed E-state index contributed by atoms with van der Waals surface area (Å²) >= 11 is 0. The van der Waals surface area contributed by atoms with E-state index in [9.17, 15) is 4.79 Å². The minimum atomic E-state index is 0.00311. The molecule has 0 radical (unpaired) electrons. The topological polar surface area (TPSA) is 68.3 Å². The van der Waals surface area contributed by atoms with Gasteiger partial charge in [0.2, 0.25) is 0 Å². The number of carbonyl (C=O) groups excluding carboxylic acids is 1. The molecule has 3 aromatic rings. The smallest absolute Gasteiger partial charge is 0.259 e. The summed E-state index contributed by atoms with van der Waals surface area (Å²) in [6.07, 6.45) is 10.8. The number of aromatic nitrogens is 5. The Balaban J connectivity index is 1.61. The fourth-order valence-electron chi connectivity index (χ4n) is 3.05. The molecular weight excluding hydrogens is 280 g/mol. The van der Waals surface area contributed by atoms with Crippen LogP contribution < -0.4 is 0 Å². The van der Waals surface area contributed by atoms with Gasteiger partial charge in [0.15, 0.2) is 5.65 Å². The molecule has 112 valence electrons. The van der Waals surface area contributed by atoms with Crippen LogP contribution in [-0.4, -0.2) is 47.8 Å². The van der Waals surface area contributed by atoms with E-state index in [1.165, 1.54) is 0 Å². The summed E-state index contributed by atoms with van der Waals surface area (Å²) in [6.45, 7) is 1.50. The van der Waals surface area contributed by atoms with Gasteiger partial charge >= 0.3 is 0 Å². The minimum Gasteiger partial charge on any atom is -0.334 e. The molecule has 0 saturated carbocycles. The fourth-order valence-corrected chi connectivity index (χ4v) is 3.05. The molecular formula is C15H16N6O. The molecule has 0 aliphatic carbocycles. The van der Waals surface area contributed by atoms with Gasteiger partial charge in [0.25, 0.3) is 5.91 Å². The van der Waals surface area contributed by atoms with Gasteiger partial charge in [-0.05, 0) is 25.0 Å². The van der Waals surface area contributed by atoms with Crippen molar-refractivity contribution in [3.8, 4) is 0 Å². The molecule has 1 aliphatic heterocycles. The van der Waals surface area contributed by atoms with Gasteiger partial charge < -0.3 is 4.90 Å². The van der Waals surface area contributed by atoms with Crippen LogP contribution in [0.2, 0.25) is 0 Å². The van der Waals surface area contributed by atoms with Gasteiger partial charge in [0.05, 0.1) is 18.8 Å². The zero-order chi connectivity index (χ0) is 14.9. The third kappa shape index (κ3) is 2.14. The van der Waals surface area contributed by atoms with Crippen LogP contribution in [0.1, 0.15) is 23.2 Å². The Labute approximate surface area is 127 Å². The number of hydrogen-bond donors (Lipinski definition) is 0. The third-order valence-corrected chi connectivity index (χ3v) is 4.10. The number of likely N-dealkylation sites (tertiary alicyclic amines) is 1. The molecule has 1 amide bonds. The summed E-state index contributed by atoms with van der Waals surface area (Å²) in [5.41, 5.74) is 1.17. The second-order valence-corrected chi connectivity index (χ2v) is 5.47. The lowest BCUT2D eigenvalue weighted by Crippen LogP contribution is -2.38. The first-order valence-corrected chi connectivity index (χ1v) is 7.40. The van der Waals surface area contributed by atoms with Gasteiger partial charge in [-0.1, -0.05) is 0 Å². The second-order valence-electron chi connectivity index (χ2n) is 5.47. The summed E-state index contributed by atoms with van der Waals surface area (Å²) in [5.74, 6) is 0.00311. The lowest BCUT2D eigenvalue weighted by atomic mass is 10.2. The Kier molecular flexibility index (Phi) is 3.10. The molecule has 1 fully saturated rings. The van der Waals surface area contributed by atoms with Crippen molar-refractivity contribution in [2.45, 2.75) is 25.4 Å². The Hall–Kier alpha value is -2.70. The summed E-state index contributed by atoms with van der Waals surface area (Å²) < 4.78 is 3.51. The van der Waals surface area contributed by atoms with Crippen molar-refractivity contribution in [2.24, 2.45) is 0 Å². The number of fused-ring (bicyclic) bond motifs is 1. The van der Waals surface area contributed by atoms with Crippen LogP contribution in [0.15, 0.2) is 43.1 Å². The molecule has 22 heavy (non-hydrogen) atoms. The van der Waals surface area contributed by atoms with E-state index >= 15 is 0 Å². The molecule has 0 spiro atoms. The maximum Gasteiger partial charge on any atom is 0.259 e. The molecule has 4 rings (SSSR count). The van der Waals surface area contributed by atoms with Crippen LogP contribution >= 0.6 is 0 Å². The van der Waals surface area contributed by atoms with E-state index < -0.39 is 0 Å². The van der Waals surface area contributed by atoms with Crippen molar-refractivity contribution >= 4 is 11.6 Å². The van der Waals surface area contributed by atoms with E-state index in [4.69, 9.17) is 0 Å². The summed E-state index contributed by atoms with van der Waals surface area (Å²) in [7, 11) is 0. The highest BCUT2D eigenvalue weighted by Gasteiger charge is 2.31. The molecule has 0 N–H and O–H groups in total. The monoisotopic (exact) mass is 296 g/mol. The van der Waals surface area contributed by atoms with Gasteiger partial charge in [-0.25, -0.2) is 9.50 Å². The lowest BCUT2D eigenvalue weighted by molar-refractivity contribution is 0.0723. The van der Waals surface area contributed by atoms with Crippen molar-refractivity contribution in [3.63, 3.8) is 0 Å². The highest BCUT2D eigenvalue weighted by molar-refractivity contribution is 5.99. The van der Waals surface area contributed by atoms with Crippen molar-refractivity contribution in [3.05, 3.63) is 48.7 Å². The maximum absolute atomic E-state index is 12.9. The molecule has 4 heterocycles. The fraction of sp³-hybridized carbons (Fsp3) is 0.333. The first kappa shape index (κ1) is 13.0. The zero-order valence-electron chi connectivity index (χ0n) is 12.0. The van der Waals surface area contributed by atoms with Crippen molar-refractivity contribution in [1.82, 2.24) is 29.3 Å². The second kappa shape index (κ2) is 5.25. The van der Waals surface area contributed by atoms with Crippen LogP contribution in [0.3, 0.4) is 0 Å². The Morgan fingerprint density at radius 3 is 3.00 bits per heavy atom. The minimum absolute atomic E-state index is 0.00311. The predicted octanol–water partition coefficient (Wildman–Crippen LogP) is 1.23. The van der Waals surface area contributed by atoms with E-state index in [0.29, 0.717) is 11.2 Å². The average molecular weight is 296 g/mol. The highest BCUT2D eigenvalue weighted by atomic mass is 16.2. The lowest BCUT2D eigenvalue weighted by Gasteiger charge is -2.24. The predicted molar refractivity (Wildman–Crippen MR) is 79.3 cm³/mol. The molecule has 7 nitrogen and oxygen atoms in total. The summed E-state index contributed by atoms with van der Waals surface area (Å²) in [4.78, 5) is 19.1. The van der Waals surface area contributed by atoms with Crippen LogP contribution in [0.25, 0.3) is 5.65 Å².